The zero-order chi connectivity index (χ0) is 15.4. The van der Waals surface area contributed by atoms with Gasteiger partial charge in [0.2, 0.25) is 0 Å². The number of rotatable bonds is 4. The first kappa shape index (κ1) is 15.5. The Morgan fingerprint density at radius 1 is 1.09 bits per heavy atom. The van der Waals surface area contributed by atoms with Crippen LogP contribution in [0.25, 0.3) is 0 Å². The standard InChI is InChI=1S/C18H29N3O/c1-2-22-18-14-16(6-7-17(18)19)21-12-8-15(9-13-21)20-10-4-3-5-11-20/h6-7,14-15H,2-5,8-13,19H2,1H3. The fraction of sp³-hybridized carbons (Fsp3) is 0.667. The summed E-state index contributed by atoms with van der Waals surface area (Å²) in [6.45, 7) is 7.54. The summed E-state index contributed by atoms with van der Waals surface area (Å²) in [5, 5.41) is 0. The van der Waals surface area contributed by atoms with E-state index in [4.69, 9.17) is 10.5 Å². The van der Waals surface area contributed by atoms with Crippen molar-refractivity contribution in [2.45, 2.75) is 45.1 Å². The second-order valence-corrected chi connectivity index (χ2v) is 6.47. The van der Waals surface area contributed by atoms with Crippen molar-refractivity contribution in [1.29, 1.82) is 0 Å². The lowest BCUT2D eigenvalue weighted by Gasteiger charge is -2.41. The molecule has 22 heavy (non-hydrogen) atoms. The van der Waals surface area contributed by atoms with Crippen LogP contribution in [0.1, 0.15) is 39.0 Å². The Morgan fingerprint density at radius 2 is 1.82 bits per heavy atom. The molecule has 2 N–H and O–H groups in total. The predicted molar refractivity (Wildman–Crippen MR) is 92.7 cm³/mol. The number of likely N-dealkylation sites (tertiary alicyclic amines) is 1. The lowest BCUT2D eigenvalue weighted by atomic mass is 9.99. The number of piperidine rings is 2. The van der Waals surface area contributed by atoms with Gasteiger partial charge in [0, 0.05) is 30.9 Å². The molecule has 2 heterocycles. The van der Waals surface area contributed by atoms with Crippen LogP contribution in [-0.2, 0) is 0 Å². The number of nitrogen functional groups attached to an aromatic ring is 1. The highest BCUT2D eigenvalue weighted by molar-refractivity contribution is 5.62. The molecule has 4 heteroatoms. The zero-order valence-corrected chi connectivity index (χ0v) is 13.8. The molecule has 2 aliphatic rings. The van der Waals surface area contributed by atoms with Crippen molar-refractivity contribution < 1.29 is 4.74 Å². The average Bonchev–Trinajstić information content (AvgIpc) is 2.58. The molecule has 2 saturated heterocycles. The third kappa shape index (κ3) is 3.49. The Morgan fingerprint density at radius 3 is 2.50 bits per heavy atom. The van der Waals surface area contributed by atoms with Crippen LogP contribution in [0.15, 0.2) is 18.2 Å². The van der Waals surface area contributed by atoms with Crippen LogP contribution in [0.3, 0.4) is 0 Å². The second-order valence-electron chi connectivity index (χ2n) is 6.47. The van der Waals surface area contributed by atoms with Gasteiger partial charge < -0.3 is 20.3 Å². The minimum atomic E-state index is 0.657. The van der Waals surface area contributed by atoms with E-state index in [2.05, 4.69) is 21.9 Å². The predicted octanol–water partition coefficient (Wildman–Crippen LogP) is 3.12. The van der Waals surface area contributed by atoms with Crippen molar-refractivity contribution in [3.05, 3.63) is 18.2 Å². The van der Waals surface area contributed by atoms with Crippen LogP contribution < -0.4 is 15.4 Å². The van der Waals surface area contributed by atoms with Crippen molar-refractivity contribution in [3.8, 4) is 5.75 Å². The molecule has 4 nitrogen and oxygen atoms in total. The summed E-state index contributed by atoms with van der Waals surface area (Å²) in [6.07, 6.45) is 6.73. The molecule has 0 atom stereocenters. The first-order chi connectivity index (χ1) is 10.8. The zero-order valence-electron chi connectivity index (χ0n) is 13.8. The van der Waals surface area contributed by atoms with Gasteiger partial charge in [0.05, 0.1) is 12.3 Å². The molecular formula is C18H29N3O. The van der Waals surface area contributed by atoms with E-state index >= 15 is 0 Å². The largest absolute Gasteiger partial charge is 0.492 e. The van der Waals surface area contributed by atoms with E-state index in [0.717, 1.165) is 30.6 Å². The van der Waals surface area contributed by atoms with E-state index in [-0.39, 0.29) is 0 Å². The molecule has 2 aliphatic heterocycles. The number of benzene rings is 1. The van der Waals surface area contributed by atoms with Crippen LogP contribution in [0, 0.1) is 0 Å². The lowest BCUT2D eigenvalue weighted by Crippen LogP contribution is -2.46. The maximum atomic E-state index is 5.97. The smallest absolute Gasteiger partial charge is 0.144 e. The molecule has 3 rings (SSSR count). The van der Waals surface area contributed by atoms with Gasteiger partial charge in [0.1, 0.15) is 5.75 Å². The molecule has 0 amide bonds. The number of hydrogen-bond acceptors (Lipinski definition) is 4. The summed E-state index contributed by atoms with van der Waals surface area (Å²) < 4.78 is 5.62. The minimum absolute atomic E-state index is 0.657. The van der Waals surface area contributed by atoms with Crippen LogP contribution in [0.4, 0.5) is 11.4 Å². The summed E-state index contributed by atoms with van der Waals surface area (Å²) in [7, 11) is 0. The van der Waals surface area contributed by atoms with E-state index in [1.54, 1.807) is 0 Å². The molecule has 0 unspecified atom stereocenters. The monoisotopic (exact) mass is 303 g/mol. The maximum Gasteiger partial charge on any atom is 0.144 e. The summed E-state index contributed by atoms with van der Waals surface area (Å²) in [6, 6.07) is 6.98. The molecule has 2 fully saturated rings. The maximum absolute atomic E-state index is 5.97. The molecule has 0 aromatic heterocycles. The Bertz CT molecular complexity index is 477. The summed E-state index contributed by atoms with van der Waals surface area (Å²) in [5.41, 5.74) is 7.95. The highest BCUT2D eigenvalue weighted by Gasteiger charge is 2.25. The van der Waals surface area contributed by atoms with Crippen LogP contribution in [-0.4, -0.2) is 43.7 Å². The van der Waals surface area contributed by atoms with Crippen molar-refractivity contribution in [1.82, 2.24) is 4.90 Å². The van der Waals surface area contributed by atoms with E-state index in [9.17, 15) is 0 Å². The molecule has 0 bridgehead atoms. The fourth-order valence-corrected chi connectivity index (χ4v) is 3.77. The molecule has 0 saturated carbocycles. The van der Waals surface area contributed by atoms with Crippen LogP contribution in [0.2, 0.25) is 0 Å². The van der Waals surface area contributed by atoms with E-state index in [0.29, 0.717) is 6.61 Å². The summed E-state index contributed by atoms with van der Waals surface area (Å²) >= 11 is 0. The van der Waals surface area contributed by atoms with Gasteiger partial charge in [-0.3, -0.25) is 0 Å². The molecule has 1 aromatic carbocycles. The van der Waals surface area contributed by atoms with Gasteiger partial charge in [-0.1, -0.05) is 6.42 Å². The Labute approximate surface area is 134 Å². The highest BCUT2D eigenvalue weighted by atomic mass is 16.5. The number of nitrogens with zero attached hydrogens (tertiary/aromatic N) is 2. The van der Waals surface area contributed by atoms with Crippen molar-refractivity contribution in [2.24, 2.45) is 0 Å². The van der Waals surface area contributed by atoms with Crippen LogP contribution in [0.5, 0.6) is 5.75 Å². The lowest BCUT2D eigenvalue weighted by molar-refractivity contribution is 0.141. The third-order valence-electron chi connectivity index (χ3n) is 5.03. The van der Waals surface area contributed by atoms with Gasteiger partial charge in [-0.15, -0.1) is 0 Å². The minimum Gasteiger partial charge on any atom is -0.492 e. The third-order valence-corrected chi connectivity index (χ3v) is 5.03. The van der Waals surface area contributed by atoms with E-state index in [1.165, 1.54) is 50.9 Å². The molecular weight excluding hydrogens is 274 g/mol. The number of hydrogen-bond donors (Lipinski definition) is 1. The van der Waals surface area contributed by atoms with E-state index < -0.39 is 0 Å². The number of ether oxygens (including phenoxy) is 1. The van der Waals surface area contributed by atoms with Gasteiger partial charge in [0.15, 0.2) is 0 Å². The van der Waals surface area contributed by atoms with Crippen molar-refractivity contribution in [3.63, 3.8) is 0 Å². The molecule has 0 radical (unpaired) electrons. The SMILES string of the molecule is CCOc1cc(N2CCC(N3CCCCC3)CC2)ccc1N. The van der Waals surface area contributed by atoms with Crippen molar-refractivity contribution >= 4 is 11.4 Å². The Balaban J connectivity index is 1.60. The first-order valence-electron chi connectivity index (χ1n) is 8.79. The van der Waals surface area contributed by atoms with Crippen molar-refractivity contribution in [2.75, 3.05) is 43.4 Å². The summed E-state index contributed by atoms with van der Waals surface area (Å²) in [5.74, 6) is 0.818. The topological polar surface area (TPSA) is 41.7 Å². The number of nitrogens with two attached hydrogens (primary N) is 1. The molecule has 1 aromatic rings. The van der Waals surface area contributed by atoms with Gasteiger partial charge >= 0.3 is 0 Å². The Hall–Kier alpha value is -1.42. The average molecular weight is 303 g/mol. The molecule has 0 spiro atoms. The quantitative estimate of drug-likeness (QED) is 0.868. The Kier molecular flexibility index (Phi) is 5.08. The first-order valence-corrected chi connectivity index (χ1v) is 8.79. The fourth-order valence-electron chi connectivity index (χ4n) is 3.77. The van der Waals surface area contributed by atoms with Gasteiger partial charge in [0.25, 0.3) is 0 Å². The van der Waals surface area contributed by atoms with Gasteiger partial charge in [-0.25, -0.2) is 0 Å². The number of anilines is 2. The summed E-state index contributed by atoms with van der Waals surface area (Å²) in [4.78, 5) is 5.19. The van der Waals surface area contributed by atoms with Gasteiger partial charge in [-0.05, 0) is 57.8 Å². The van der Waals surface area contributed by atoms with Gasteiger partial charge in [-0.2, -0.15) is 0 Å². The highest BCUT2D eigenvalue weighted by Crippen LogP contribution is 2.30. The normalized spacial score (nSPS) is 21.0. The second kappa shape index (κ2) is 7.23. The van der Waals surface area contributed by atoms with Crippen LogP contribution >= 0.6 is 0 Å². The van der Waals surface area contributed by atoms with E-state index in [1.807, 2.05) is 13.0 Å². The molecule has 122 valence electrons. The molecule has 0 aliphatic carbocycles.